The largest absolute Gasteiger partial charge is 0.456 e. The van der Waals surface area contributed by atoms with E-state index in [4.69, 9.17) is 9.84 Å². The van der Waals surface area contributed by atoms with Crippen molar-refractivity contribution in [3.8, 4) is 11.5 Å². The van der Waals surface area contributed by atoms with Gasteiger partial charge in [0.1, 0.15) is 11.5 Å². The third-order valence-corrected chi connectivity index (χ3v) is 3.65. The van der Waals surface area contributed by atoms with Gasteiger partial charge >= 0.3 is 0 Å². The van der Waals surface area contributed by atoms with Crippen LogP contribution >= 0.6 is 31.9 Å². The second-order valence-corrected chi connectivity index (χ2v) is 5.70. The van der Waals surface area contributed by atoms with E-state index >= 15 is 0 Å². The number of aryl methyl sites for hydroxylation is 1. The topological polar surface area (TPSA) is 29.5 Å². The third-order valence-electron chi connectivity index (χ3n) is 2.54. The summed E-state index contributed by atoms with van der Waals surface area (Å²) in [6.45, 7) is 2.02. The van der Waals surface area contributed by atoms with Crippen LogP contribution in [-0.4, -0.2) is 5.11 Å². The standard InChI is InChI=1S/C14H12Br2O2/c1-9-6-11(15)3-5-13(9)18-14-4-2-10(8-17)7-12(14)16/h2-7,17H,8H2,1H3. The summed E-state index contributed by atoms with van der Waals surface area (Å²) in [5, 5.41) is 9.05. The van der Waals surface area contributed by atoms with Crippen LogP contribution in [0.5, 0.6) is 11.5 Å². The SMILES string of the molecule is Cc1cc(Br)ccc1Oc1ccc(CO)cc1Br. The van der Waals surface area contributed by atoms with Crippen LogP contribution in [0.1, 0.15) is 11.1 Å². The first kappa shape index (κ1) is 13.6. The minimum Gasteiger partial charge on any atom is -0.456 e. The molecule has 4 heteroatoms. The predicted molar refractivity (Wildman–Crippen MR) is 79.0 cm³/mol. The fraction of sp³-hybridized carbons (Fsp3) is 0.143. The molecule has 0 saturated carbocycles. The monoisotopic (exact) mass is 370 g/mol. The highest BCUT2D eigenvalue weighted by molar-refractivity contribution is 9.10. The highest BCUT2D eigenvalue weighted by atomic mass is 79.9. The molecule has 0 fully saturated rings. The van der Waals surface area contributed by atoms with E-state index in [1.807, 2.05) is 43.3 Å². The predicted octanol–water partition coefficient (Wildman–Crippen LogP) is 4.80. The molecule has 0 atom stereocenters. The molecule has 0 aliphatic rings. The highest BCUT2D eigenvalue weighted by Gasteiger charge is 2.06. The van der Waals surface area contributed by atoms with Gasteiger partial charge in [0.05, 0.1) is 11.1 Å². The van der Waals surface area contributed by atoms with Crippen molar-refractivity contribution in [1.29, 1.82) is 0 Å². The number of ether oxygens (including phenoxy) is 1. The molecule has 0 heterocycles. The van der Waals surface area contributed by atoms with Gasteiger partial charge in [-0.3, -0.25) is 0 Å². The molecule has 2 nitrogen and oxygen atoms in total. The zero-order chi connectivity index (χ0) is 13.1. The van der Waals surface area contributed by atoms with Gasteiger partial charge in [0.2, 0.25) is 0 Å². The Balaban J connectivity index is 2.28. The lowest BCUT2D eigenvalue weighted by molar-refractivity contribution is 0.281. The van der Waals surface area contributed by atoms with Gasteiger partial charge in [-0.25, -0.2) is 0 Å². The maximum absolute atomic E-state index is 9.05. The minimum absolute atomic E-state index is 0.0240. The fourth-order valence-electron chi connectivity index (χ4n) is 1.57. The number of aliphatic hydroxyl groups excluding tert-OH is 1. The van der Waals surface area contributed by atoms with Crippen molar-refractivity contribution in [3.63, 3.8) is 0 Å². The Morgan fingerprint density at radius 1 is 1.06 bits per heavy atom. The zero-order valence-corrected chi connectivity index (χ0v) is 13.0. The number of halogens is 2. The van der Waals surface area contributed by atoms with E-state index < -0.39 is 0 Å². The molecule has 0 aliphatic heterocycles. The molecule has 2 aromatic carbocycles. The molecule has 0 saturated heterocycles. The second-order valence-electron chi connectivity index (χ2n) is 3.93. The van der Waals surface area contributed by atoms with Gasteiger partial charge in [-0.05, 0) is 64.3 Å². The molecule has 0 aliphatic carbocycles. The minimum atomic E-state index is 0.0240. The van der Waals surface area contributed by atoms with E-state index in [1.54, 1.807) is 0 Å². The van der Waals surface area contributed by atoms with E-state index in [1.165, 1.54) is 0 Å². The summed E-state index contributed by atoms with van der Waals surface area (Å²) in [7, 11) is 0. The molecule has 0 bridgehead atoms. The second kappa shape index (κ2) is 5.87. The lowest BCUT2D eigenvalue weighted by Gasteiger charge is -2.11. The lowest BCUT2D eigenvalue weighted by atomic mass is 10.2. The smallest absolute Gasteiger partial charge is 0.141 e. The molecule has 1 N–H and O–H groups in total. The Hall–Kier alpha value is -0.840. The van der Waals surface area contributed by atoms with Gasteiger partial charge in [-0.1, -0.05) is 22.0 Å². The summed E-state index contributed by atoms with van der Waals surface area (Å²) in [6.07, 6.45) is 0. The van der Waals surface area contributed by atoms with Crippen molar-refractivity contribution < 1.29 is 9.84 Å². The van der Waals surface area contributed by atoms with Crippen LogP contribution in [0.2, 0.25) is 0 Å². The molecule has 0 unspecified atom stereocenters. The van der Waals surface area contributed by atoms with Crippen LogP contribution in [0, 0.1) is 6.92 Å². The lowest BCUT2D eigenvalue weighted by Crippen LogP contribution is -1.90. The fourth-order valence-corrected chi connectivity index (χ4v) is 2.55. The number of benzene rings is 2. The molecule has 94 valence electrons. The Morgan fingerprint density at radius 2 is 1.78 bits per heavy atom. The number of hydrogen-bond donors (Lipinski definition) is 1. The van der Waals surface area contributed by atoms with Gasteiger partial charge in [-0.2, -0.15) is 0 Å². The van der Waals surface area contributed by atoms with Crippen molar-refractivity contribution in [2.24, 2.45) is 0 Å². The Bertz CT molecular complexity index is 568. The van der Waals surface area contributed by atoms with Crippen molar-refractivity contribution >= 4 is 31.9 Å². The highest BCUT2D eigenvalue weighted by Crippen LogP contribution is 2.33. The van der Waals surface area contributed by atoms with E-state index in [2.05, 4.69) is 31.9 Å². The van der Waals surface area contributed by atoms with Crippen molar-refractivity contribution in [3.05, 3.63) is 56.5 Å². The van der Waals surface area contributed by atoms with Gasteiger partial charge in [0.15, 0.2) is 0 Å². The zero-order valence-electron chi connectivity index (χ0n) is 9.78. The van der Waals surface area contributed by atoms with E-state index in [0.717, 1.165) is 31.6 Å². The molecular formula is C14H12Br2O2. The van der Waals surface area contributed by atoms with Crippen LogP contribution in [0.15, 0.2) is 45.3 Å². The van der Waals surface area contributed by atoms with E-state index in [0.29, 0.717) is 0 Å². The van der Waals surface area contributed by atoms with Crippen LogP contribution in [-0.2, 0) is 6.61 Å². The Morgan fingerprint density at radius 3 is 2.39 bits per heavy atom. The molecule has 18 heavy (non-hydrogen) atoms. The first-order valence-electron chi connectivity index (χ1n) is 5.43. The first-order chi connectivity index (χ1) is 8.60. The maximum atomic E-state index is 9.05. The van der Waals surface area contributed by atoms with Crippen molar-refractivity contribution in [2.75, 3.05) is 0 Å². The average Bonchev–Trinajstić information content (AvgIpc) is 2.34. The summed E-state index contributed by atoms with van der Waals surface area (Å²) in [6, 6.07) is 11.4. The van der Waals surface area contributed by atoms with Crippen LogP contribution < -0.4 is 4.74 Å². The quantitative estimate of drug-likeness (QED) is 0.839. The maximum Gasteiger partial charge on any atom is 0.141 e. The summed E-state index contributed by atoms with van der Waals surface area (Å²) < 4.78 is 7.70. The summed E-state index contributed by atoms with van der Waals surface area (Å²) >= 11 is 6.86. The molecule has 0 spiro atoms. The Kier molecular flexibility index (Phi) is 4.43. The molecule has 2 rings (SSSR count). The molecule has 0 aromatic heterocycles. The summed E-state index contributed by atoms with van der Waals surface area (Å²) in [5.41, 5.74) is 1.91. The van der Waals surface area contributed by atoms with Crippen molar-refractivity contribution in [1.82, 2.24) is 0 Å². The third kappa shape index (κ3) is 3.13. The van der Waals surface area contributed by atoms with E-state index in [9.17, 15) is 0 Å². The van der Waals surface area contributed by atoms with Gasteiger partial charge in [0.25, 0.3) is 0 Å². The van der Waals surface area contributed by atoms with Gasteiger partial charge in [0, 0.05) is 4.47 Å². The summed E-state index contributed by atoms with van der Waals surface area (Å²) in [5.74, 6) is 1.55. The van der Waals surface area contributed by atoms with E-state index in [-0.39, 0.29) is 6.61 Å². The van der Waals surface area contributed by atoms with Gasteiger partial charge < -0.3 is 9.84 Å². The van der Waals surface area contributed by atoms with Crippen molar-refractivity contribution in [2.45, 2.75) is 13.5 Å². The molecule has 2 aromatic rings. The number of rotatable bonds is 3. The molecule has 0 amide bonds. The molecule has 0 radical (unpaired) electrons. The van der Waals surface area contributed by atoms with Crippen LogP contribution in [0.4, 0.5) is 0 Å². The normalized spacial score (nSPS) is 10.4. The summed E-state index contributed by atoms with van der Waals surface area (Å²) in [4.78, 5) is 0. The van der Waals surface area contributed by atoms with Crippen LogP contribution in [0.3, 0.4) is 0 Å². The van der Waals surface area contributed by atoms with Crippen LogP contribution in [0.25, 0.3) is 0 Å². The Labute approximate surface area is 123 Å². The number of hydrogen-bond acceptors (Lipinski definition) is 2. The molecular weight excluding hydrogens is 360 g/mol. The number of aliphatic hydroxyl groups is 1. The first-order valence-corrected chi connectivity index (χ1v) is 7.02. The van der Waals surface area contributed by atoms with Gasteiger partial charge in [-0.15, -0.1) is 0 Å². The average molecular weight is 372 g/mol.